The van der Waals surface area contributed by atoms with E-state index in [1.54, 1.807) is 18.2 Å². The molecule has 0 amide bonds. The Morgan fingerprint density at radius 1 is 1.27 bits per heavy atom. The summed E-state index contributed by atoms with van der Waals surface area (Å²) in [6.07, 6.45) is 0.819. The van der Waals surface area contributed by atoms with Crippen LogP contribution in [0.5, 0.6) is 0 Å². The molecular weight excluding hydrogens is 220 g/mol. The molecule has 0 saturated heterocycles. The lowest BCUT2D eigenvalue weighted by Crippen LogP contribution is -1.91. The third-order valence-corrected chi connectivity index (χ3v) is 2.21. The number of halogens is 3. The van der Waals surface area contributed by atoms with Crippen LogP contribution in [0.3, 0.4) is 0 Å². The molecule has 1 aromatic carbocycles. The number of aromatic nitrogens is 1. The van der Waals surface area contributed by atoms with Crippen LogP contribution < -0.4 is 0 Å². The lowest BCUT2D eigenvalue weighted by Gasteiger charge is -2.04. The van der Waals surface area contributed by atoms with Gasteiger partial charge in [0.25, 0.3) is 0 Å². The molecule has 15 heavy (non-hydrogen) atoms. The fourth-order valence-corrected chi connectivity index (χ4v) is 1.46. The average Bonchev–Trinajstić information content (AvgIpc) is 2.23. The van der Waals surface area contributed by atoms with Crippen LogP contribution in [0.2, 0.25) is 5.02 Å². The maximum atomic E-state index is 13.3. The number of hydrogen-bond donors (Lipinski definition) is 0. The Morgan fingerprint density at radius 2 is 2.07 bits per heavy atom. The van der Waals surface area contributed by atoms with Gasteiger partial charge in [-0.3, -0.25) is 0 Å². The fraction of sp³-hybridized carbons (Fsp3) is 0. The molecule has 0 bridgehead atoms. The van der Waals surface area contributed by atoms with Crippen LogP contribution in [0.4, 0.5) is 8.78 Å². The average molecular weight is 225 g/mol. The number of rotatable bonds is 1. The standard InChI is InChI=1S/C11H5ClF2N/c12-10-4-2-1-3-8(10)9-5-7(13)6-15-11(9)14/h1-3,5-6H. The first-order chi connectivity index (χ1) is 7.18. The Labute approximate surface area is 90.3 Å². The number of nitrogens with zero attached hydrogens (tertiary/aromatic N) is 1. The second-order valence-corrected chi connectivity index (χ2v) is 3.27. The molecule has 0 spiro atoms. The minimum Gasteiger partial charge on any atom is -0.225 e. The minimum atomic E-state index is -0.752. The topological polar surface area (TPSA) is 12.9 Å². The van der Waals surface area contributed by atoms with Crippen molar-refractivity contribution in [1.82, 2.24) is 4.98 Å². The van der Waals surface area contributed by atoms with Crippen LogP contribution in [0.1, 0.15) is 0 Å². The zero-order valence-electron chi connectivity index (χ0n) is 7.47. The smallest absolute Gasteiger partial charge is 0.220 e. The van der Waals surface area contributed by atoms with E-state index in [1.165, 1.54) is 0 Å². The van der Waals surface area contributed by atoms with Crippen LogP contribution in [0.15, 0.2) is 30.5 Å². The monoisotopic (exact) mass is 224 g/mol. The van der Waals surface area contributed by atoms with E-state index in [0.29, 0.717) is 5.56 Å². The van der Waals surface area contributed by atoms with Crippen molar-refractivity contribution >= 4 is 11.6 Å². The highest BCUT2D eigenvalue weighted by Gasteiger charge is 2.10. The molecule has 0 N–H and O–H groups in total. The molecule has 0 aliphatic heterocycles. The van der Waals surface area contributed by atoms with Gasteiger partial charge >= 0.3 is 0 Å². The Hall–Kier alpha value is -1.48. The second-order valence-electron chi connectivity index (χ2n) is 2.89. The third kappa shape index (κ3) is 1.97. The zero-order chi connectivity index (χ0) is 10.8. The summed E-state index contributed by atoms with van der Waals surface area (Å²) in [6.45, 7) is 0. The maximum Gasteiger partial charge on any atom is 0.220 e. The zero-order valence-corrected chi connectivity index (χ0v) is 8.22. The molecule has 2 aromatic rings. The summed E-state index contributed by atoms with van der Waals surface area (Å²) in [5.41, 5.74) is 0.417. The SMILES string of the molecule is Fc1cnc(F)c(-c2ccc[c]c2Cl)c1. The molecule has 0 atom stereocenters. The van der Waals surface area contributed by atoms with Crippen LogP contribution in [0.25, 0.3) is 11.1 Å². The van der Waals surface area contributed by atoms with Crippen molar-refractivity contribution in [2.24, 2.45) is 0 Å². The summed E-state index contributed by atoms with van der Waals surface area (Å²) in [4.78, 5) is 3.28. The summed E-state index contributed by atoms with van der Waals surface area (Å²) in [6, 6.07) is 8.57. The minimum absolute atomic E-state index is 0.0388. The first kappa shape index (κ1) is 10.1. The third-order valence-electron chi connectivity index (χ3n) is 1.90. The number of hydrogen-bond acceptors (Lipinski definition) is 1. The van der Waals surface area contributed by atoms with Crippen LogP contribution in [-0.4, -0.2) is 4.98 Å². The van der Waals surface area contributed by atoms with Gasteiger partial charge in [0.05, 0.1) is 11.2 Å². The van der Waals surface area contributed by atoms with Crippen molar-refractivity contribution in [3.63, 3.8) is 0 Å². The summed E-state index contributed by atoms with van der Waals surface area (Å²) in [7, 11) is 0. The van der Waals surface area contributed by atoms with E-state index in [2.05, 4.69) is 11.1 Å². The Morgan fingerprint density at radius 3 is 2.80 bits per heavy atom. The van der Waals surface area contributed by atoms with Crippen LogP contribution in [0, 0.1) is 17.8 Å². The summed E-state index contributed by atoms with van der Waals surface area (Å²) >= 11 is 5.81. The van der Waals surface area contributed by atoms with E-state index in [1.807, 2.05) is 0 Å². The van der Waals surface area contributed by atoms with E-state index < -0.39 is 11.8 Å². The molecule has 0 saturated carbocycles. The first-order valence-electron chi connectivity index (χ1n) is 4.16. The lowest BCUT2D eigenvalue weighted by atomic mass is 10.1. The van der Waals surface area contributed by atoms with Gasteiger partial charge in [0.1, 0.15) is 5.82 Å². The number of pyridine rings is 1. The van der Waals surface area contributed by atoms with Gasteiger partial charge in [0.2, 0.25) is 5.95 Å². The molecule has 1 heterocycles. The molecule has 0 aliphatic rings. The highest BCUT2D eigenvalue weighted by molar-refractivity contribution is 6.33. The summed E-state index contributed by atoms with van der Waals surface area (Å²) in [5.74, 6) is -1.36. The van der Waals surface area contributed by atoms with Crippen molar-refractivity contribution in [2.45, 2.75) is 0 Å². The van der Waals surface area contributed by atoms with E-state index in [4.69, 9.17) is 11.6 Å². The van der Waals surface area contributed by atoms with Gasteiger partial charge in [-0.1, -0.05) is 29.8 Å². The largest absolute Gasteiger partial charge is 0.225 e. The van der Waals surface area contributed by atoms with Crippen molar-refractivity contribution in [2.75, 3.05) is 0 Å². The van der Waals surface area contributed by atoms with Gasteiger partial charge in [-0.05, 0) is 6.07 Å². The molecule has 0 fully saturated rings. The summed E-state index contributed by atoms with van der Waals surface area (Å²) < 4.78 is 26.2. The van der Waals surface area contributed by atoms with Crippen LogP contribution >= 0.6 is 11.6 Å². The molecule has 2 rings (SSSR count). The molecule has 4 heteroatoms. The Balaban J connectivity index is 2.64. The number of benzene rings is 1. The predicted molar refractivity (Wildman–Crippen MR) is 53.4 cm³/mol. The van der Waals surface area contributed by atoms with Crippen molar-refractivity contribution in [3.8, 4) is 11.1 Å². The lowest BCUT2D eigenvalue weighted by molar-refractivity contribution is 0.563. The van der Waals surface area contributed by atoms with Gasteiger partial charge in [-0.25, -0.2) is 9.37 Å². The van der Waals surface area contributed by atoms with Gasteiger partial charge < -0.3 is 0 Å². The molecule has 1 nitrogen and oxygen atoms in total. The van der Waals surface area contributed by atoms with Crippen LogP contribution in [-0.2, 0) is 0 Å². The molecule has 75 valence electrons. The van der Waals surface area contributed by atoms with E-state index >= 15 is 0 Å². The molecule has 0 aliphatic carbocycles. The quantitative estimate of drug-likeness (QED) is 0.676. The highest BCUT2D eigenvalue weighted by atomic mass is 35.5. The first-order valence-corrected chi connectivity index (χ1v) is 4.54. The fourth-order valence-electron chi connectivity index (χ4n) is 1.24. The van der Waals surface area contributed by atoms with Gasteiger partial charge in [-0.15, -0.1) is 0 Å². The molecule has 1 radical (unpaired) electrons. The predicted octanol–water partition coefficient (Wildman–Crippen LogP) is 3.48. The van der Waals surface area contributed by atoms with Gasteiger partial charge in [0, 0.05) is 17.2 Å². The normalized spacial score (nSPS) is 10.3. The van der Waals surface area contributed by atoms with Crippen molar-refractivity contribution < 1.29 is 8.78 Å². The summed E-state index contributed by atoms with van der Waals surface area (Å²) in [5, 5.41) is 0.240. The highest BCUT2D eigenvalue weighted by Crippen LogP contribution is 2.28. The molecule has 0 unspecified atom stereocenters. The Kier molecular flexibility index (Phi) is 2.64. The van der Waals surface area contributed by atoms with Gasteiger partial charge in [0.15, 0.2) is 0 Å². The van der Waals surface area contributed by atoms with Gasteiger partial charge in [-0.2, -0.15) is 4.39 Å². The Bertz CT molecular complexity index is 500. The van der Waals surface area contributed by atoms with Crippen molar-refractivity contribution in [3.05, 3.63) is 53.3 Å². The van der Waals surface area contributed by atoms with E-state index in [-0.39, 0.29) is 10.6 Å². The van der Waals surface area contributed by atoms with E-state index in [0.717, 1.165) is 12.3 Å². The molecular formula is C11H5ClF2N. The molecule has 1 aromatic heterocycles. The van der Waals surface area contributed by atoms with E-state index in [9.17, 15) is 8.78 Å². The van der Waals surface area contributed by atoms with Crippen molar-refractivity contribution in [1.29, 1.82) is 0 Å². The second kappa shape index (κ2) is 3.95. The maximum absolute atomic E-state index is 13.3.